The minimum atomic E-state index is -0.739. The van der Waals surface area contributed by atoms with E-state index in [0.717, 1.165) is 18.5 Å². The fraction of sp³-hybridized carbons (Fsp3) is 0.750. The molecule has 1 unspecified atom stereocenters. The molecule has 1 aliphatic rings. The van der Waals surface area contributed by atoms with E-state index in [-0.39, 0.29) is 5.91 Å². The average molecular weight is 296 g/mol. The number of carboxylic acids is 1. The minimum absolute atomic E-state index is 0.0535. The molecule has 120 valence electrons. The van der Waals surface area contributed by atoms with Crippen molar-refractivity contribution in [2.24, 2.45) is 5.41 Å². The number of hydrogen-bond donors (Lipinski definition) is 1. The molecule has 1 rings (SSSR count). The molecule has 0 radical (unpaired) electrons. The van der Waals surface area contributed by atoms with Crippen LogP contribution in [0.1, 0.15) is 40.0 Å². The topological polar surface area (TPSA) is 60.9 Å². The van der Waals surface area contributed by atoms with Gasteiger partial charge >= 0.3 is 5.97 Å². The molecule has 0 aliphatic carbocycles. The Balaban J connectivity index is 2.67. The molecule has 1 atom stereocenters. The molecular formula is C16H28N2O3. The summed E-state index contributed by atoms with van der Waals surface area (Å²) in [4.78, 5) is 27.6. The van der Waals surface area contributed by atoms with E-state index in [1.54, 1.807) is 4.90 Å². The second-order valence-corrected chi connectivity index (χ2v) is 6.12. The lowest BCUT2D eigenvalue weighted by Crippen LogP contribution is -2.50. The smallest absolute Gasteiger partial charge is 0.310 e. The number of amides is 1. The zero-order valence-corrected chi connectivity index (χ0v) is 13.5. The van der Waals surface area contributed by atoms with Gasteiger partial charge in [0.15, 0.2) is 0 Å². The van der Waals surface area contributed by atoms with E-state index in [4.69, 9.17) is 0 Å². The first-order valence-electron chi connectivity index (χ1n) is 7.72. The largest absolute Gasteiger partial charge is 0.481 e. The van der Waals surface area contributed by atoms with Gasteiger partial charge in [-0.1, -0.05) is 19.1 Å². The molecule has 21 heavy (non-hydrogen) atoms. The van der Waals surface area contributed by atoms with Crippen molar-refractivity contribution < 1.29 is 14.7 Å². The summed E-state index contributed by atoms with van der Waals surface area (Å²) in [6.07, 6.45) is 2.14. The van der Waals surface area contributed by atoms with Gasteiger partial charge in [-0.15, -0.1) is 0 Å². The van der Waals surface area contributed by atoms with Crippen molar-refractivity contribution in [3.63, 3.8) is 0 Å². The van der Waals surface area contributed by atoms with Crippen LogP contribution in [0.3, 0.4) is 0 Å². The molecule has 0 aromatic heterocycles. The average Bonchev–Trinajstić information content (AvgIpc) is 2.44. The Morgan fingerprint density at radius 3 is 2.52 bits per heavy atom. The van der Waals surface area contributed by atoms with Crippen LogP contribution in [0.2, 0.25) is 0 Å². The summed E-state index contributed by atoms with van der Waals surface area (Å²) in [5.74, 6) is -0.686. The van der Waals surface area contributed by atoms with Crippen molar-refractivity contribution in [1.29, 1.82) is 0 Å². The Kier molecular flexibility index (Phi) is 6.40. The van der Waals surface area contributed by atoms with Gasteiger partial charge in [0.05, 0.1) is 12.0 Å². The normalized spacial score (nSPS) is 22.8. The van der Waals surface area contributed by atoms with Crippen LogP contribution in [0, 0.1) is 5.41 Å². The number of carboxylic acid groups (broad SMARTS) is 1. The second kappa shape index (κ2) is 7.59. The number of carbonyl (C=O) groups is 2. The van der Waals surface area contributed by atoms with Crippen LogP contribution in [0.4, 0.5) is 0 Å². The lowest BCUT2D eigenvalue weighted by molar-refractivity contribution is -0.154. The number of aliphatic carboxylic acids is 1. The third kappa shape index (κ3) is 4.56. The number of carbonyl (C=O) groups excluding carboxylic acids is 1. The first-order chi connectivity index (χ1) is 9.84. The maximum Gasteiger partial charge on any atom is 0.310 e. The van der Waals surface area contributed by atoms with Gasteiger partial charge in [-0.25, -0.2) is 0 Å². The van der Waals surface area contributed by atoms with E-state index >= 15 is 0 Å². The number of likely N-dealkylation sites (tertiary alicyclic amines) is 1. The molecule has 0 saturated carbocycles. The third-order valence-corrected chi connectivity index (χ3v) is 4.34. The molecule has 0 aromatic carbocycles. The highest BCUT2D eigenvalue weighted by molar-refractivity contribution is 5.79. The first-order valence-corrected chi connectivity index (χ1v) is 7.72. The minimum Gasteiger partial charge on any atom is -0.481 e. The summed E-state index contributed by atoms with van der Waals surface area (Å²) in [6.45, 7) is 12.4. The molecule has 1 amide bonds. The molecule has 0 bridgehead atoms. The molecule has 1 aliphatic heterocycles. The van der Waals surface area contributed by atoms with Crippen molar-refractivity contribution in [3.8, 4) is 0 Å². The molecule has 1 fully saturated rings. The van der Waals surface area contributed by atoms with E-state index in [0.29, 0.717) is 39.0 Å². The Morgan fingerprint density at radius 1 is 1.38 bits per heavy atom. The van der Waals surface area contributed by atoms with E-state index in [2.05, 4.69) is 6.58 Å². The van der Waals surface area contributed by atoms with Crippen LogP contribution in [0.15, 0.2) is 12.2 Å². The maximum atomic E-state index is 12.3. The van der Waals surface area contributed by atoms with E-state index in [1.165, 1.54) is 0 Å². The number of likely N-dealkylation sites (N-methyl/N-ethyl adjacent to an activating group) is 1. The van der Waals surface area contributed by atoms with Crippen LogP contribution in [-0.4, -0.2) is 59.5 Å². The highest BCUT2D eigenvalue weighted by Crippen LogP contribution is 2.33. The van der Waals surface area contributed by atoms with Crippen LogP contribution >= 0.6 is 0 Å². The van der Waals surface area contributed by atoms with Gasteiger partial charge < -0.3 is 10.0 Å². The van der Waals surface area contributed by atoms with Crippen molar-refractivity contribution in [2.75, 3.05) is 32.7 Å². The summed E-state index contributed by atoms with van der Waals surface area (Å²) in [7, 11) is 0. The Bertz CT molecular complexity index is 408. The van der Waals surface area contributed by atoms with Crippen LogP contribution in [0.5, 0.6) is 0 Å². The van der Waals surface area contributed by atoms with Gasteiger partial charge in [-0.05, 0) is 39.7 Å². The Morgan fingerprint density at radius 2 is 2.05 bits per heavy atom. The van der Waals surface area contributed by atoms with Gasteiger partial charge in [0.2, 0.25) is 5.91 Å². The fourth-order valence-electron chi connectivity index (χ4n) is 2.97. The highest BCUT2D eigenvalue weighted by atomic mass is 16.4. The number of rotatable bonds is 7. The third-order valence-electron chi connectivity index (χ3n) is 4.34. The lowest BCUT2D eigenvalue weighted by Gasteiger charge is -2.39. The van der Waals surface area contributed by atoms with E-state index in [1.807, 2.05) is 25.7 Å². The zero-order valence-electron chi connectivity index (χ0n) is 13.5. The monoisotopic (exact) mass is 296 g/mol. The summed E-state index contributed by atoms with van der Waals surface area (Å²) in [5.41, 5.74) is 0.265. The van der Waals surface area contributed by atoms with Gasteiger partial charge in [0, 0.05) is 19.6 Å². The SMILES string of the molecule is C=C(C)CN(CC)C(=O)CN1CCCC(CC)(C(=O)O)C1. The molecular weight excluding hydrogens is 268 g/mol. The molecule has 5 nitrogen and oxygen atoms in total. The molecule has 0 spiro atoms. The zero-order chi connectivity index (χ0) is 16.0. The van der Waals surface area contributed by atoms with Crippen molar-refractivity contribution in [1.82, 2.24) is 9.80 Å². The van der Waals surface area contributed by atoms with Crippen molar-refractivity contribution >= 4 is 11.9 Å². The summed E-state index contributed by atoms with van der Waals surface area (Å²) in [5, 5.41) is 9.48. The lowest BCUT2D eigenvalue weighted by atomic mass is 9.77. The van der Waals surface area contributed by atoms with E-state index in [9.17, 15) is 14.7 Å². The maximum absolute atomic E-state index is 12.3. The summed E-state index contributed by atoms with van der Waals surface area (Å²) >= 11 is 0. The molecule has 0 aromatic rings. The van der Waals surface area contributed by atoms with Gasteiger partial charge in [-0.3, -0.25) is 14.5 Å². The van der Waals surface area contributed by atoms with E-state index < -0.39 is 11.4 Å². The fourth-order valence-corrected chi connectivity index (χ4v) is 2.97. The van der Waals surface area contributed by atoms with Gasteiger partial charge in [0.1, 0.15) is 0 Å². The molecule has 5 heteroatoms. The van der Waals surface area contributed by atoms with Crippen LogP contribution < -0.4 is 0 Å². The highest BCUT2D eigenvalue weighted by Gasteiger charge is 2.41. The van der Waals surface area contributed by atoms with Crippen molar-refractivity contribution in [3.05, 3.63) is 12.2 Å². The number of nitrogens with zero attached hydrogens (tertiary/aromatic N) is 2. The van der Waals surface area contributed by atoms with Gasteiger partial charge in [0.25, 0.3) is 0 Å². The quantitative estimate of drug-likeness (QED) is 0.730. The number of piperidine rings is 1. The standard InChI is InChI=1S/C16H28N2O3/c1-5-16(15(20)21)8-7-9-17(12-16)11-14(19)18(6-2)10-13(3)4/h3,5-12H2,1-2,4H3,(H,20,21). The molecule has 1 heterocycles. The van der Waals surface area contributed by atoms with Crippen molar-refractivity contribution in [2.45, 2.75) is 40.0 Å². The van der Waals surface area contributed by atoms with Gasteiger partial charge in [-0.2, -0.15) is 0 Å². The molecule has 1 saturated heterocycles. The Labute approximate surface area is 127 Å². The predicted octanol–water partition coefficient (Wildman–Crippen LogP) is 1.99. The number of hydrogen-bond acceptors (Lipinski definition) is 3. The summed E-state index contributed by atoms with van der Waals surface area (Å²) < 4.78 is 0. The molecule has 1 N–H and O–H groups in total. The Hall–Kier alpha value is -1.36. The second-order valence-electron chi connectivity index (χ2n) is 6.12. The predicted molar refractivity (Wildman–Crippen MR) is 83.1 cm³/mol. The van der Waals surface area contributed by atoms with Crippen LogP contribution in [-0.2, 0) is 9.59 Å². The van der Waals surface area contributed by atoms with Crippen LogP contribution in [0.25, 0.3) is 0 Å². The summed E-state index contributed by atoms with van der Waals surface area (Å²) in [6, 6.07) is 0. The first kappa shape index (κ1) is 17.7.